The van der Waals surface area contributed by atoms with Crippen LogP contribution in [0.2, 0.25) is 0 Å². The minimum atomic E-state index is -2.55. The van der Waals surface area contributed by atoms with Crippen molar-refractivity contribution in [2.75, 3.05) is 13.7 Å². The van der Waals surface area contributed by atoms with Gasteiger partial charge >= 0.3 is 5.97 Å². The lowest BCUT2D eigenvalue weighted by molar-refractivity contribution is -0.155. The fourth-order valence-electron chi connectivity index (χ4n) is 0.451. The zero-order valence-electron chi connectivity index (χ0n) is 6.34. The molecule has 66 valence electrons. The Labute approximate surface area is 63.3 Å². The molecule has 0 bridgehead atoms. The van der Waals surface area contributed by atoms with Gasteiger partial charge in [0.2, 0.25) is 0 Å². The van der Waals surface area contributed by atoms with Crippen molar-refractivity contribution in [3.63, 3.8) is 0 Å². The van der Waals surface area contributed by atoms with E-state index in [2.05, 4.69) is 9.47 Å². The average molecular weight is 168 g/mol. The van der Waals surface area contributed by atoms with E-state index in [1.165, 1.54) is 14.0 Å². The lowest BCUT2D eigenvalue weighted by atomic mass is 10.4. The van der Waals surface area contributed by atoms with Gasteiger partial charge in [-0.25, -0.2) is 13.6 Å². The number of hydrogen-bond acceptors (Lipinski definition) is 3. The van der Waals surface area contributed by atoms with Gasteiger partial charge in [0.25, 0.3) is 6.43 Å². The second-order valence-corrected chi connectivity index (χ2v) is 1.89. The lowest BCUT2D eigenvalue weighted by Gasteiger charge is -2.09. The van der Waals surface area contributed by atoms with Crippen LogP contribution in [0, 0.1) is 0 Å². The first-order chi connectivity index (χ1) is 5.07. The van der Waals surface area contributed by atoms with Gasteiger partial charge in [0.1, 0.15) is 6.61 Å². The summed E-state index contributed by atoms with van der Waals surface area (Å²) in [5.41, 5.74) is 0. The summed E-state index contributed by atoms with van der Waals surface area (Å²) in [6.45, 7) is 0.616. The minimum Gasteiger partial charge on any atom is -0.467 e. The smallest absolute Gasteiger partial charge is 0.334 e. The van der Waals surface area contributed by atoms with Gasteiger partial charge in [0.05, 0.1) is 7.11 Å². The molecule has 0 amide bonds. The maximum Gasteiger partial charge on any atom is 0.334 e. The van der Waals surface area contributed by atoms with Crippen molar-refractivity contribution < 1.29 is 23.0 Å². The quantitative estimate of drug-likeness (QED) is 0.583. The maximum absolute atomic E-state index is 11.5. The van der Waals surface area contributed by atoms with Crippen LogP contribution in [0.15, 0.2) is 0 Å². The highest BCUT2D eigenvalue weighted by Crippen LogP contribution is 1.98. The second kappa shape index (κ2) is 5.01. The number of carbonyl (C=O) groups excluding carboxylic acids is 1. The summed E-state index contributed by atoms with van der Waals surface area (Å²) < 4.78 is 31.6. The average Bonchev–Trinajstić information content (AvgIpc) is 1.98. The van der Waals surface area contributed by atoms with E-state index in [0.29, 0.717) is 0 Å². The van der Waals surface area contributed by atoms with E-state index in [4.69, 9.17) is 0 Å². The molecule has 0 aliphatic carbocycles. The van der Waals surface area contributed by atoms with Gasteiger partial charge in [0.15, 0.2) is 6.10 Å². The van der Waals surface area contributed by atoms with Gasteiger partial charge in [-0.1, -0.05) is 0 Å². The Balaban J connectivity index is 3.52. The molecule has 0 aliphatic heterocycles. The van der Waals surface area contributed by atoms with Crippen LogP contribution >= 0.6 is 0 Å². The molecule has 3 nitrogen and oxygen atoms in total. The summed E-state index contributed by atoms with van der Waals surface area (Å²) in [4.78, 5) is 10.5. The standard InChI is InChI=1S/C6H10F2O3/c1-4(6(9)10-2)11-3-5(7)8/h4-5H,3H2,1-2H3. The molecule has 0 fully saturated rings. The molecule has 0 aromatic carbocycles. The number of carbonyl (C=O) groups is 1. The normalized spacial score (nSPS) is 13.2. The van der Waals surface area contributed by atoms with E-state index in [1.807, 2.05) is 0 Å². The predicted octanol–water partition coefficient (Wildman–Crippen LogP) is 0.830. The first-order valence-electron chi connectivity index (χ1n) is 3.05. The highest BCUT2D eigenvalue weighted by atomic mass is 19.3. The summed E-state index contributed by atoms with van der Waals surface area (Å²) in [5.74, 6) is -0.648. The van der Waals surface area contributed by atoms with Crippen molar-refractivity contribution in [3.8, 4) is 0 Å². The monoisotopic (exact) mass is 168 g/mol. The first kappa shape index (κ1) is 10.3. The van der Waals surface area contributed by atoms with Crippen LogP contribution in [0.1, 0.15) is 6.92 Å². The number of methoxy groups -OCH3 is 1. The van der Waals surface area contributed by atoms with Crippen LogP contribution in [-0.4, -0.2) is 32.2 Å². The molecule has 0 rings (SSSR count). The number of hydrogen-bond donors (Lipinski definition) is 0. The molecule has 1 atom stereocenters. The largest absolute Gasteiger partial charge is 0.467 e. The van der Waals surface area contributed by atoms with Crippen molar-refractivity contribution in [1.29, 1.82) is 0 Å². The van der Waals surface area contributed by atoms with Crippen molar-refractivity contribution in [1.82, 2.24) is 0 Å². The number of halogens is 2. The number of esters is 1. The predicted molar refractivity (Wildman–Crippen MR) is 33.4 cm³/mol. The van der Waals surface area contributed by atoms with E-state index in [-0.39, 0.29) is 0 Å². The van der Waals surface area contributed by atoms with Crippen LogP contribution < -0.4 is 0 Å². The zero-order valence-corrected chi connectivity index (χ0v) is 6.34. The maximum atomic E-state index is 11.5. The van der Waals surface area contributed by atoms with Gasteiger partial charge < -0.3 is 9.47 Å². The summed E-state index contributed by atoms with van der Waals surface area (Å²) in [6.07, 6.45) is -3.48. The van der Waals surface area contributed by atoms with E-state index < -0.39 is 25.1 Å². The number of ether oxygens (including phenoxy) is 2. The van der Waals surface area contributed by atoms with Gasteiger partial charge in [-0.15, -0.1) is 0 Å². The fraction of sp³-hybridized carbons (Fsp3) is 0.833. The van der Waals surface area contributed by atoms with Crippen molar-refractivity contribution in [3.05, 3.63) is 0 Å². The molecule has 0 aromatic rings. The first-order valence-corrected chi connectivity index (χ1v) is 3.05. The Hall–Kier alpha value is -0.710. The van der Waals surface area contributed by atoms with Crippen molar-refractivity contribution >= 4 is 5.97 Å². The van der Waals surface area contributed by atoms with Gasteiger partial charge in [-0.2, -0.15) is 0 Å². The Morgan fingerprint density at radius 2 is 2.09 bits per heavy atom. The topological polar surface area (TPSA) is 35.5 Å². The highest BCUT2D eigenvalue weighted by Gasteiger charge is 2.15. The van der Waals surface area contributed by atoms with Gasteiger partial charge in [-0.05, 0) is 6.92 Å². The Morgan fingerprint density at radius 1 is 1.55 bits per heavy atom. The molecule has 0 aliphatic rings. The Bertz CT molecular complexity index is 127. The molecule has 0 heterocycles. The van der Waals surface area contributed by atoms with E-state index >= 15 is 0 Å². The van der Waals surface area contributed by atoms with Crippen LogP contribution in [0.3, 0.4) is 0 Å². The summed E-state index contributed by atoms with van der Waals surface area (Å²) >= 11 is 0. The fourth-order valence-corrected chi connectivity index (χ4v) is 0.451. The molecule has 0 radical (unpaired) electrons. The van der Waals surface area contributed by atoms with Crippen molar-refractivity contribution in [2.24, 2.45) is 0 Å². The molecular formula is C6H10F2O3. The van der Waals surface area contributed by atoms with Crippen molar-refractivity contribution in [2.45, 2.75) is 19.5 Å². The molecule has 0 spiro atoms. The highest BCUT2D eigenvalue weighted by molar-refractivity contribution is 5.73. The van der Waals surface area contributed by atoms with Gasteiger partial charge in [-0.3, -0.25) is 0 Å². The SMILES string of the molecule is COC(=O)C(C)OCC(F)F. The van der Waals surface area contributed by atoms with Crippen LogP contribution in [0.5, 0.6) is 0 Å². The van der Waals surface area contributed by atoms with E-state index in [0.717, 1.165) is 0 Å². The van der Waals surface area contributed by atoms with Crippen LogP contribution in [0.4, 0.5) is 8.78 Å². The second-order valence-electron chi connectivity index (χ2n) is 1.89. The molecule has 5 heteroatoms. The summed E-state index contributed by atoms with van der Waals surface area (Å²) in [5, 5.41) is 0. The van der Waals surface area contributed by atoms with E-state index in [9.17, 15) is 13.6 Å². The molecule has 0 saturated heterocycles. The van der Waals surface area contributed by atoms with Crippen LogP contribution in [0.25, 0.3) is 0 Å². The number of rotatable bonds is 4. The number of alkyl halides is 2. The minimum absolute atomic E-state index is 0.648. The molecule has 0 N–H and O–H groups in total. The third-order valence-corrected chi connectivity index (χ3v) is 1.01. The lowest BCUT2D eigenvalue weighted by Crippen LogP contribution is -2.24. The van der Waals surface area contributed by atoms with E-state index in [1.54, 1.807) is 0 Å². The van der Waals surface area contributed by atoms with Gasteiger partial charge in [0, 0.05) is 0 Å². The Morgan fingerprint density at radius 3 is 2.45 bits per heavy atom. The molecular weight excluding hydrogens is 158 g/mol. The van der Waals surface area contributed by atoms with Crippen LogP contribution in [-0.2, 0) is 14.3 Å². The zero-order chi connectivity index (χ0) is 8.85. The molecule has 0 saturated carbocycles. The molecule has 1 unspecified atom stereocenters. The third kappa shape index (κ3) is 4.66. The summed E-state index contributed by atoms with van der Waals surface area (Å²) in [7, 11) is 1.17. The molecule has 11 heavy (non-hydrogen) atoms. The molecule has 0 aromatic heterocycles. The third-order valence-electron chi connectivity index (χ3n) is 1.01. The summed E-state index contributed by atoms with van der Waals surface area (Å²) in [6, 6.07) is 0. The Kier molecular flexibility index (Phi) is 4.69.